The first-order chi connectivity index (χ1) is 6.93. The van der Waals surface area contributed by atoms with Crippen LogP contribution in [0.25, 0.3) is 0 Å². The predicted molar refractivity (Wildman–Crippen MR) is 58.1 cm³/mol. The Hall–Kier alpha value is -1.42. The summed E-state index contributed by atoms with van der Waals surface area (Å²) in [6.45, 7) is 2.65. The van der Waals surface area contributed by atoms with E-state index in [1.54, 1.807) is 0 Å². The molecule has 73 valence electrons. The van der Waals surface area contributed by atoms with Crippen LogP contribution in [-0.2, 0) is 0 Å². The Labute approximate surface area is 86.1 Å². The fourth-order valence-corrected chi connectivity index (χ4v) is 1.10. The zero-order valence-electron chi connectivity index (χ0n) is 8.55. The minimum atomic E-state index is 0.773. The van der Waals surface area contributed by atoms with Crippen LogP contribution in [0.15, 0.2) is 24.3 Å². The molecule has 0 spiro atoms. The van der Waals surface area contributed by atoms with Gasteiger partial charge in [-0.25, -0.2) is 0 Å². The van der Waals surface area contributed by atoms with Crippen molar-refractivity contribution in [2.45, 2.75) is 26.2 Å². The number of ether oxygens (including phenoxy) is 1. The summed E-state index contributed by atoms with van der Waals surface area (Å²) >= 11 is 0. The lowest BCUT2D eigenvalue weighted by Crippen LogP contribution is -1.96. The molecule has 1 aromatic carbocycles. The van der Waals surface area contributed by atoms with Crippen LogP contribution in [0, 0.1) is 17.9 Å². The first-order valence-electron chi connectivity index (χ1n) is 4.92. The van der Waals surface area contributed by atoms with Crippen molar-refractivity contribution in [3.05, 3.63) is 30.3 Å². The van der Waals surface area contributed by atoms with Gasteiger partial charge in [-0.2, -0.15) is 0 Å². The summed E-state index contributed by atoms with van der Waals surface area (Å²) in [5.41, 5.74) is 0. The van der Waals surface area contributed by atoms with Gasteiger partial charge in [0.15, 0.2) is 0 Å². The van der Waals surface area contributed by atoms with Crippen LogP contribution in [0.5, 0.6) is 5.75 Å². The molecule has 0 saturated heterocycles. The highest BCUT2D eigenvalue weighted by atomic mass is 16.5. The van der Waals surface area contributed by atoms with Crippen molar-refractivity contribution in [3.63, 3.8) is 0 Å². The van der Waals surface area contributed by atoms with Crippen molar-refractivity contribution < 1.29 is 4.74 Å². The Kier molecular flexibility index (Phi) is 5.35. The topological polar surface area (TPSA) is 9.23 Å². The van der Waals surface area contributed by atoms with Gasteiger partial charge in [0.25, 0.3) is 0 Å². The highest BCUT2D eigenvalue weighted by molar-refractivity contribution is 5.20. The first-order valence-corrected chi connectivity index (χ1v) is 4.92. The van der Waals surface area contributed by atoms with E-state index in [1.165, 1.54) is 0 Å². The molecule has 0 unspecified atom stereocenters. The zero-order chi connectivity index (χ0) is 10.1. The van der Waals surface area contributed by atoms with Gasteiger partial charge >= 0.3 is 0 Å². The average molecular weight is 187 g/mol. The molecule has 1 rings (SSSR count). The second-order valence-electron chi connectivity index (χ2n) is 2.97. The maximum Gasteiger partial charge on any atom is 0.119 e. The maximum absolute atomic E-state index is 5.52. The van der Waals surface area contributed by atoms with Gasteiger partial charge in [-0.05, 0) is 38.0 Å². The fourth-order valence-electron chi connectivity index (χ4n) is 1.10. The van der Waals surface area contributed by atoms with Crippen molar-refractivity contribution in [1.82, 2.24) is 0 Å². The highest BCUT2D eigenvalue weighted by Gasteiger charge is 1.90. The third-order valence-electron chi connectivity index (χ3n) is 1.83. The smallest absolute Gasteiger partial charge is 0.119 e. The van der Waals surface area contributed by atoms with E-state index in [0.29, 0.717) is 0 Å². The van der Waals surface area contributed by atoms with E-state index in [1.807, 2.05) is 31.2 Å². The molecule has 0 atom stereocenters. The van der Waals surface area contributed by atoms with Crippen molar-refractivity contribution in [2.75, 3.05) is 6.61 Å². The molecule has 0 fully saturated rings. The number of rotatable bonds is 5. The molecular formula is C13H15O. The molecule has 0 heterocycles. The van der Waals surface area contributed by atoms with E-state index < -0.39 is 0 Å². The van der Waals surface area contributed by atoms with Crippen LogP contribution in [0.4, 0.5) is 0 Å². The van der Waals surface area contributed by atoms with E-state index in [-0.39, 0.29) is 0 Å². The van der Waals surface area contributed by atoms with Gasteiger partial charge < -0.3 is 4.74 Å². The molecule has 0 aliphatic rings. The summed E-state index contributed by atoms with van der Waals surface area (Å²) in [5.74, 6) is 6.84. The van der Waals surface area contributed by atoms with Crippen molar-refractivity contribution in [2.24, 2.45) is 0 Å². The minimum Gasteiger partial charge on any atom is -0.494 e. The lowest BCUT2D eigenvalue weighted by Gasteiger charge is -2.03. The normalized spacial score (nSPS) is 8.93. The zero-order valence-corrected chi connectivity index (χ0v) is 8.55. The summed E-state index contributed by atoms with van der Waals surface area (Å²) in [5, 5.41) is 0. The standard InChI is InChI=1S/C13H15O/c1-2-3-4-5-9-12-14-13-10-7-6-8-11-13/h7-8,10-11H,4-5,9,12H2,1H3. The molecule has 1 aromatic rings. The SMILES string of the molecule is CC#CCCCCOc1cc[c]cc1. The molecule has 0 bridgehead atoms. The van der Waals surface area contributed by atoms with Crippen LogP contribution in [-0.4, -0.2) is 6.61 Å². The number of benzene rings is 1. The van der Waals surface area contributed by atoms with Gasteiger partial charge in [0.2, 0.25) is 0 Å². The van der Waals surface area contributed by atoms with Gasteiger partial charge in [-0.1, -0.05) is 12.1 Å². The second-order valence-corrected chi connectivity index (χ2v) is 2.97. The largest absolute Gasteiger partial charge is 0.494 e. The Morgan fingerprint density at radius 2 is 2.07 bits per heavy atom. The highest BCUT2D eigenvalue weighted by Crippen LogP contribution is 2.08. The minimum absolute atomic E-state index is 0.773. The predicted octanol–water partition coefficient (Wildman–Crippen LogP) is 3.06. The quantitative estimate of drug-likeness (QED) is 0.508. The van der Waals surface area contributed by atoms with Gasteiger partial charge in [0.1, 0.15) is 5.75 Å². The Bertz CT molecular complexity index is 292. The third kappa shape index (κ3) is 4.57. The fraction of sp³-hybridized carbons (Fsp3) is 0.385. The van der Waals surface area contributed by atoms with Gasteiger partial charge in [-0.15, -0.1) is 11.8 Å². The molecule has 0 aliphatic heterocycles. The summed E-state index contributed by atoms with van der Waals surface area (Å²) in [7, 11) is 0. The van der Waals surface area contributed by atoms with E-state index in [9.17, 15) is 0 Å². The van der Waals surface area contributed by atoms with Gasteiger partial charge in [-0.3, -0.25) is 0 Å². The third-order valence-corrected chi connectivity index (χ3v) is 1.83. The molecule has 0 saturated carbocycles. The maximum atomic E-state index is 5.52. The van der Waals surface area contributed by atoms with E-state index in [4.69, 9.17) is 4.74 Å². The monoisotopic (exact) mass is 187 g/mol. The lowest BCUT2D eigenvalue weighted by atomic mass is 10.2. The van der Waals surface area contributed by atoms with Crippen LogP contribution in [0.1, 0.15) is 26.2 Å². The Morgan fingerprint density at radius 3 is 2.79 bits per heavy atom. The first kappa shape index (κ1) is 10.7. The molecule has 1 radical (unpaired) electrons. The van der Waals surface area contributed by atoms with Crippen molar-refractivity contribution in [1.29, 1.82) is 0 Å². The van der Waals surface area contributed by atoms with E-state index in [2.05, 4.69) is 17.9 Å². The molecule has 0 N–H and O–H groups in total. The number of hydrogen-bond donors (Lipinski definition) is 0. The molecule has 0 aromatic heterocycles. The Balaban J connectivity index is 2.06. The molecule has 14 heavy (non-hydrogen) atoms. The summed E-state index contributed by atoms with van der Waals surface area (Å²) in [4.78, 5) is 0. The lowest BCUT2D eigenvalue weighted by molar-refractivity contribution is 0.307. The number of unbranched alkanes of at least 4 members (excludes halogenated alkanes) is 2. The van der Waals surface area contributed by atoms with Gasteiger partial charge in [0, 0.05) is 6.42 Å². The van der Waals surface area contributed by atoms with Crippen LogP contribution < -0.4 is 4.74 Å². The summed E-state index contributed by atoms with van der Waals surface area (Å²) in [6.07, 6.45) is 3.15. The molecular weight excluding hydrogens is 172 g/mol. The molecule has 1 nitrogen and oxygen atoms in total. The summed E-state index contributed by atoms with van der Waals surface area (Å²) in [6, 6.07) is 10.5. The van der Waals surface area contributed by atoms with E-state index >= 15 is 0 Å². The van der Waals surface area contributed by atoms with Crippen LogP contribution in [0.2, 0.25) is 0 Å². The molecule has 0 aliphatic carbocycles. The van der Waals surface area contributed by atoms with Crippen LogP contribution >= 0.6 is 0 Å². The van der Waals surface area contributed by atoms with E-state index in [0.717, 1.165) is 31.6 Å². The number of hydrogen-bond acceptors (Lipinski definition) is 1. The Morgan fingerprint density at radius 1 is 1.29 bits per heavy atom. The van der Waals surface area contributed by atoms with Crippen LogP contribution in [0.3, 0.4) is 0 Å². The van der Waals surface area contributed by atoms with Crippen molar-refractivity contribution in [3.8, 4) is 17.6 Å². The second kappa shape index (κ2) is 7.03. The molecule has 0 amide bonds. The van der Waals surface area contributed by atoms with Gasteiger partial charge in [0.05, 0.1) is 6.61 Å². The average Bonchev–Trinajstić information content (AvgIpc) is 2.25. The molecule has 1 heteroatoms. The summed E-state index contributed by atoms with van der Waals surface area (Å²) < 4.78 is 5.52. The van der Waals surface area contributed by atoms with Crippen molar-refractivity contribution >= 4 is 0 Å².